The summed E-state index contributed by atoms with van der Waals surface area (Å²) in [5, 5.41) is 10.9. The summed E-state index contributed by atoms with van der Waals surface area (Å²) in [7, 11) is 5.25. The molecule has 4 rings (SSSR count). The number of phenolic OH excluding ortho intramolecular Hbond substituents is 1. The van der Waals surface area contributed by atoms with Crippen molar-refractivity contribution in [1.82, 2.24) is 4.90 Å². The van der Waals surface area contributed by atoms with Gasteiger partial charge in [-0.3, -0.25) is 4.79 Å². The number of benzene rings is 1. The van der Waals surface area contributed by atoms with Crippen molar-refractivity contribution in [3.63, 3.8) is 0 Å². The fourth-order valence-electron chi connectivity index (χ4n) is 5.03. The monoisotopic (exact) mass is 329 g/mol. The summed E-state index contributed by atoms with van der Waals surface area (Å²) in [5.74, 6) is 1.32. The Bertz CT molecular complexity index is 741. The molecule has 1 fully saturated rings. The summed E-state index contributed by atoms with van der Waals surface area (Å²) in [6.07, 6.45) is 4.08. The van der Waals surface area contributed by atoms with Crippen LogP contribution < -0.4 is 4.74 Å². The standard InChI is InChI=1S/C19H23NO4/c1-20-7-6-19-10-14(21)16(24-3)9-12(19)13(20)8-11-4-5-15(23-2)18(22)17(11)19/h4-5,9,12-13,22H,6-8,10H2,1-3H3/t12-,13?,19?/m1/s1. The van der Waals surface area contributed by atoms with Gasteiger partial charge in [0.15, 0.2) is 23.0 Å². The van der Waals surface area contributed by atoms with Gasteiger partial charge in [-0.15, -0.1) is 0 Å². The summed E-state index contributed by atoms with van der Waals surface area (Å²) in [6, 6.07) is 4.18. The zero-order chi connectivity index (χ0) is 17.1. The SMILES string of the molecule is COC1=C[C@@H]2C3Cc4ccc(OC)c(O)c4C2(CCN3C)CC1=O. The van der Waals surface area contributed by atoms with Gasteiger partial charge in [0.2, 0.25) is 0 Å². The van der Waals surface area contributed by atoms with Gasteiger partial charge in [0, 0.05) is 29.4 Å². The number of piperidine rings is 1. The first-order valence-corrected chi connectivity index (χ1v) is 8.40. The van der Waals surface area contributed by atoms with E-state index in [2.05, 4.69) is 11.9 Å². The Labute approximate surface area is 141 Å². The van der Waals surface area contributed by atoms with Crippen LogP contribution in [0.25, 0.3) is 0 Å². The second-order valence-corrected chi connectivity index (χ2v) is 7.17. The van der Waals surface area contributed by atoms with E-state index in [1.54, 1.807) is 14.2 Å². The van der Waals surface area contributed by atoms with Crippen molar-refractivity contribution in [3.05, 3.63) is 35.1 Å². The van der Waals surface area contributed by atoms with E-state index in [9.17, 15) is 9.90 Å². The predicted molar refractivity (Wildman–Crippen MR) is 89.3 cm³/mol. The third-order valence-electron chi connectivity index (χ3n) is 6.21. The van der Waals surface area contributed by atoms with Crippen molar-refractivity contribution in [2.24, 2.45) is 5.92 Å². The lowest BCUT2D eigenvalue weighted by Crippen LogP contribution is -2.60. The van der Waals surface area contributed by atoms with Gasteiger partial charge >= 0.3 is 0 Å². The number of ketones is 1. The third kappa shape index (κ3) is 1.88. The summed E-state index contributed by atoms with van der Waals surface area (Å²) in [6.45, 7) is 0.917. The van der Waals surface area contributed by atoms with Gasteiger partial charge in [0.1, 0.15) is 0 Å². The summed E-state index contributed by atoms with van der Waals surface area (Å²) >= 11 is 0. The second kappa shape index (κ2) is 5.24. The van der Waals surface area contributed by atoms with Crippen molar-refractivity contribution in [2.75, 3.05) is 27.8 Å². The molecule has 1 heterocycles. The van der Waals surface area contributed by atoms with E-state index in [1.165, 1.54) is 0 Å². The number of carbonyl (C=O) groups excluding carboxylic acids is 1. The minimum atomic E-state index is -0.359. The molecule has 0 amide bonds. The second-order valence-electron chi connectivity index (χ2n) is 7.17. The Morgan fingerprint density at radius 3 is 2.79 bits per heavy atom. The Hall–Kier alpha value is -2.01. The number of allylic oxidation sites excluding steroid dienone is 1. The van der Waals surface area contributed by atoms with E-state index in [-0.39, 0.29) is 22.9 Å². The fourth-order valence-corrected chi connectivity index (χ4v) is 5.03. The van der Waals surface area contributed by atoms with Crippen molar-refractivity contribution < 1.29 is 19.4 Å². The van der Waals surface area contributed by atoms with Gasteiger partial charge in [-0.2, -0.15) is 0 Å². The van der Waals surface area contributed by atoms with E-state index >= 15 is 0 Å². The molecule has 2 aliphatic carbocycles. The number of hydrogen-bond donors (Lipinski definition) is 1. The molecule has 5 nitrogen and oxygen atoms in total. The number of Topliss-reactive ketones (excluding diaryl/α,β-unsaturated/α-hetero) is 1. The Balaban J connectivity index is 1.97. The number of likely N-dealkylation sites (tertiary alicyclic amines) is 1. The minimum absolute atomic E-state index is 0.0205. The van der Waals surface area contributed by atoms with E-state index in [0.717, 1.165) is 30.5 Å². The number of phenols is 1. The Morgan fingerprint density at radius 2 is 2.08 bits per heavy atom. The quantitative estimate of drug-likeness (QED) is 0.899. The molecule has 0 spiro atoms. The van der Waals surface area contributed by atoms with Crippen LogP contribution in [0.2, 0.25) is 0 Å². The van der Waals surface area contributed by atoms with E-state index in [0.29, 0.717) is 24.0 Å². The van der Waals surface area contributed by atoms with E-state index in [4.69, 9.17) is 9.47 Å². The van der Waals surface area contributed by atoms with Gasteiger partial charge in [-0.1, -0.05) is 6.07 Å². The molecular formula is C19H23NO4. The molecule has 24 heavy (non-hydrogen) atoms. The number of ether oxygens (including phenoxy) is 2. The summed E-state index contributed by atoms with van der Waals surface area (Å²) in [4.78, 5) is 15.0. The molecule has 2 unspecified atom stereocenters. The molecule has 1 aromatic carbocycles. The lowest BCUT2D eigenvalue weighted by Gasteiger charge is -2.56. The lowest BCUT2D eigenvalue weighted by molar-refractivity contribution is -0.122. The van der Waals surface area contributed by atoms with Crippen LogP contribution in [0.3, 0.4) is 0 Å². The third-order valence-corrected chi connectivity index (χ3v) is 6.21. The molecule has 1 aromatic rings. The maximum atomic E-state index is 12.6. The van der Waals surface area contributed by atoms with Crippen LogP contribution in [0.5, 0.6) is 11.5 Å². The molecule has 128 valence electrons. The van der Waals surface area contributed by atoms with Gasteiger partial charge < -0.3 is 19.5 Å². The maximum Gasteiger partial charge on any atom is 0.197 e. The van der Waals surface area contributed by atoms with Crippen LogP contribution in [0.15, 0.2) is 24.0 Å². The van der Waals surface area contributed by atoms with Crippen LogP contribution in [-0.4, -0.2) is 49.6 Å². The zero-order valence-electron chi connectivity index (χ0n) is 14.3. The molecule has 2 bridgehead atoms. The van der Waals surface area contributed by atoms with Crippen LogP contribution in [-0.2, 0) is 21.4 Å². The molecule has 3 aliphatic rings. The minimum Gasteiger partial charge on any atom is -0.504 e. The van der Waals surface area contributed by atoms with Crippen molar-refractivity contribution in [1.29, 1.82) is 0 Å². The molecule has 1 saturated heterocycles. The first-order chi connectivity index (χ1) is 11.5. The van der Waals surface area contributed by atoms with Crippen LogP contribution in [0.4, 0.5) is 0 Å². The molecule has 1 aliphatic heterocycles. The molecular weight excluding hydrogens is 306 g/mol. The fraction of sp³-hybridized carbons (Fsp3) is 0.526. The zero-order valence-corrected chi connectivity index (χ0v) is 14.3. The molecule has 3 atom stereocenters. The largest absolute Gasteiger partial charge is 0.504 e. The number of likely N-dealkylation sites (N-methyl/N-ethyl adjacent to an activating group) is 1. The first-order valence-electron chi connectivity index (χ1n) is 8.40. The van der Waals surface area contributed by atoms with Gasteiger partial charge in [-0.25, -0.2) is 0 Å². The van der Waals surface area contributed by atoms with E-state index in [1.807, 2.05) is 18.2 Å². The number of hydrogen-bond acceptors (Lipinski definition) is 5. The Morgan fingerprint density at radius 1 is 1.29 bits per heavy atom. The molecule has 0 aromatic heterocycles. The number of carbonyl (C=O) groups is 1. The van der Waals surface area contributed by atoms with Gasteiger partial charge in [0.05, 0.1) is 14.2 Å². The summed E-state index contributed by atoms with van der Waals surface area (Å²) < 4.78 is 10.6. The number of fused-ring (bicyclic) bond motifs is 1. The van der Waals surface area contributed by atoms with Crippen LogP contribution in [0.1, 0.15) is 24.0 Å². The smallest absolute Gasteiger partial charge is 0.197 e. The van der Waals surface area contributed by atoms with E-state index < -0.39 is 0 Å². The number of methoxy groups -OCH3 is 2. The Kier molecular flexibility index (Phi) is 3.39. The average Bonchev–Trinajstić information content (AvgIpc) is 2.57. The highest BCUT2D eigenvalue weighted by Crippen LogP contribution is 2.57. The molecule has 1 N–H and O–H groups in total. The first kappa shape index (κ1) is 15.5. The lowest BCUT2D eigenvalue weighted by atomic mass is 9.53. The maximum absolute atomic E-state index is 12.6. The highest BCUT2D eigenvalue weighted by molar-refractivity contribution is 5.96. The highest BCUT2D eigenvalue weighted by atomic mass is 16.5. The van der Waals surface area contributed by atoms with Crippen LogP contribution >= 0.6 is 0 Å². The van der Waals surface area contributed by atoms with Gasteiger partial charge in [0.25, 0.3) is 0 Å². The molecule has 0 radical (unpaired) electrons. The number of rotatable bonds is 2. The predicted octanol–water partition coefficient (Wildman–Crippen LogP) is 2.02. The van der Waals surface area contributed by atoms with Crippen LogP contribution in [0, 0.1) is 5.92 Å². The van der Waals surface area contributed by atoms with Crippen molar-refractivity contribution >= 4 is 5.78 Å². The summed E-state index contributed by atoms with van der Waals surface area (Å²) in [5.41, 5.74) is 1.68. The number of nitrogens with zero attached hydrogens (tertiary/aromatic N) is 1. The van der Waals surface area contributed by atoms with Crippen molar-refractivity contribution in [2.45, 2.75) is 30.7 Å². The number of aromatic hydroxyl groups is 1. The normalized spacial score (nSPS) is 31.8. The van der Waals surface area contributed by atoms with Crippen molar-refractivity contribution in [3.8, 4) is 11.5 Å². The molecule has 0 saturated carbocycles. The van der Waals surface area contributed by atoms with Gasteiger partial charge in [-0.05, 0) is 44.1 Å². The molecule has 5 heteroatoms. The average molecular weight is 329 g/mol. The highest BCUT2D eigenvalue weighted by Gasteiger charge is 2.56. The topological polar surface area (TPSA) is 59.0 Å².